The molecule has 11 nitrogen and oxygen atoms in total. The Labute approximate surface area is 315 Å². The van der Waals surface area contributed by atoms with Gasteiger partial charge in [-0.3, -0.25) is 0 Å². The summed E-state index contributed by atoms with van der Waals surface area (Å²) in [4.78, 5) is 29.5. The number of carbonyl (C=O) groups excluding carboxylic acids is 2. The highest BCUT2D eigenvalue weighted by Gasteiger charge is 2.40. The SMILES string of the molecule is COc1ccc(/C(=C/S(=O)c2ccc(C)cc2)CCC2(CCOCc3ccccc3)OCCO2)c(N(C(=O)OC(C)(C)C)C(=O)OC(C)(C)C)c1OC. The zero-order chi connectivity index (χ0) is 38.8. The van der Waals surface area contributed by atoms with E-state index in [0.717, 1.165) is 16.0 Å². The van der Waals surface area contributed by atoms with Gasteiger partial charge in [-0.05, 0) is 90.3 Å². The molecule has 12 heteroatoms. The minimum absolute atomic E-state index is 0.0102. The highest BCUT2D eigenvalue weighted by molar-refractivity contribution is 7.88. The molecule has 0 N–H and O–H groups in total. The number of hydrogen-bond acceptors (Lipinski definition) is 10. The molecule has 1 aliphatic rings. The van der Waals surface area contributed by atoms with E-state index in [1.54, 1.807) is 71.2 Å². The van der Waals surface area contributed by atoms with Gasteiger partial charge in [0.05, 0.1) is 51.4 Å². The molecule has 0 spiro atoms. The van der Waals surface area contributed by atoms with Crippen LogP contribution in [0.15, 0.2) is 77.0 Å². The first-order valence-electron chi connectivity index (χ1n) is 17.6. The molecule has 1 saturated heterocycles. The van der Waals surface area contributed by atoms with Crippen molar-refractivity contribution in [3.05, 3.63) is 88.8 Å². The molecule has 0 bridgehead atoms. The summed E-state index contributed by atoms with van der Waals surface area (Å²) in [5.74, 6) is -0.670. The van der Waals surface area contributed by atoms with E-state index >= 15 is 0 Å². The molecule has 288 valence electrons. The number of hydrogen-bond donors (Lipinski definition) is 0. The Morgan fingerprint density at radius 3 is 1.98 bits per heavy atom. The smallest absolute Gasteiger partial charge is 0.424 e. The molecule has 0 aliphatic carbocycles. The summed E-state index contributed by atoms with van der Waals surface area (Å²) in [5.41, 5.74) is 1.04. The number of imide groups is 1. The third-order valence-electron chi connectivity index (χ3n) is 8.07. The van der Waals surface area contributed by atoms with Crippen LogP contribution in [0.25, 0.3) is 5.57 Å². The van der Waals surface area contributed by atoms with Crippen LogP contribution in [0.3, 0.4) is 0 Å². The Hall–Kier alpha value is -4.23. The first-order chi connectivity index (χ1) is 25.0. The van der Waals surface area contributed by atoms with Crippen LogP contribution < -0.4 is 14.4 Å². The molecule has 2 amide bonds. The fourth-order valence-electron chi connectivity index (χ4n) is 5.62. The third kappa shape index (κ3) is 11.9. The maximum atomic E-state index is 14.1. The van der Waals surface area contributed by atoms with E-state index in [1.165, 1.54) is 14.2 Å². The number of ether oxygens (including phenoxy) is 7. The van der Waals surface area contributed by atoms with Crippen molar-refractivity contribution in [1.82, 2.24) is 0 Å². The fraction of sp³-hybridized carbons (Fsp3) is 0.463. The number of aryl methyl sites for hydroxylation is 1. The maximum Gasteiger partial charge on any atom is 0.424 e. The summed E-state index contributed by atoms with van der Waals surface area (Å²) >= 11 is 0. The Balaban J connectivity index is 1.83. The van der Waals surface area contributed by atoms with E-state index in [0.29, 0.717) is 55.3 Å². The molecular formula is C41H53NO10S. The van der Waals surface area contributed by atoms with Gasteiger partial charge >= 0.3 is 12.2 Å². The zero-order valence-electron chi connectivity index (χ0n) is 32.3. The van der Waals surface area contributed by atoms with Crippen molar-refractivity contribution in [2.75, 3.05) is 38.9 Å². The van der Waals surface area contributed by atoms with E-state index in [1.807, 2.05) is 49.4 Å². The lowest BCUT2D eigenvalue weighted by atomic mass is 9.95. The van der Waals surface area contributed by atoms with Crippen molar-refractivity contribution in [2.45, 2.75) is 96.2 Å². The molecule has 3 aromatic rings. The van der Waals surface area contributed by atoms with Gasteiger partial charge in [-0.2, -0.15) is 4.90 Å². The molecule has 1 aliphatic heterocycles. The largest absolute Gasteiger partial charge is 0.493 e. The van der Waals surface area contributed by atoms with Gasteiger partial charge in [0.2, 0.25) is 0 Å². The predicted molar refractivity (Wildman–Crippen MR) is 205 cm³/mol. The van der Waals surface area contributed by atoms with E-state index in [-0.39, 0.29) is 23.6 Å². The van der Waals surface area contributed by atoms with Crippen LogP contribution in [0.1, 0.15) is 77.5 Å². The molecule has 1 fully saturated rings. The number of nitrogens with zero attached hydrogens (tertiary/aromatic N) is 1. The number of carbonyl (C=O) groups is 2. The number of anilines is 1. The van der Waals surface area contributed by atoms with Gasteiger partial charge in [0.25, 0.3) is 0 Å². The van der Waals surface area contributed by atoms with Crippen molar-refractivity contribution >= 4 is 34.2 Å². The molecule has 1 atom stereocenters. The second-order valence-corrected chi connectivity index (χ2v) is 15.9. The van der Waals surface area contributed by atoms with Gasteiger partial charge in [0, 0.05) is 28.7 Å². The van der Waals surface area contributed by atoms with E-state index in [9.17, 15) is 13.8 Å². The first-order valence-corrected chi connectivity index (χ1v) is 18.8. The average molecular weight is 752 g/mol. The van der Waals surface area contributed by atoms with Crippen molar-refractivity contribution in [1.29, 1.82) is 0 Å². The minimum Gasteiger partial charge on any atom is -0.493 e. The highest BCUT2D eigenvalue weighted by Crippen LogP contribution is 2.46. The summed E-state index contributed by atoms with van der Waals surface area (Å²) in [7, 11) is 1.21. The van der Waals surface area contributed by atoms with Gasteiger partial charge in [0.15, 0.2) is 17.3 Å². The molecule has 0 radical (unpaired) electrons. The van der Waals surface area contributed by atoms with Gasteiger partial charge in [-0.25, -0.2) is 13.8 Å². The van der Waals surface area contributed by atoms with Gasteiger partial charge in [-0.15, -0.1) is 0 Å². The fourth-order valence-corrected chi connectivity index (χ4v) is 6.66. The van der Waals surface area contributed by atoms with Crippen LogP contribution in [-0.4, -0.2) is 67.4 Å². The topological polar surface area (TPSA) is 119 Å². The quantitative estimate of drug-likeness (QED) is 0.148. The lowest BCUT2D eigenvalue weighted by molar-refractivity contribution is -0.174. The van der Waals surface area contributed by atoms with Gasteiger partial charge < -0.3 is 33.2 Å². The summed E-state index contributed by atoms with van der Waals surface area (Å²) in [6, 6.07) is 20.6. The van der Waals surface area contributed by atoms with Crippen LogP contribution in [0.5, 0.6) is 11.5 Å². The highest BCUT2D eigenvalue weighted by atomic mass is 32.2. The summed E-state index contributed by atoms with van der Waals surface area (Å²) in [5, 5.41) is 1.62. The molecule has 1 heterocycles. The summed E-state index contributed by atoms with van der Waals surface area (Å²) < 4.78 is 55.5. The number of methoxy groups -OCH3 is 2. The van der Waals surface area contributed by atoms with E-state index < -0.39 is 40.0 Å². The number of allylic oxidation sites excluding steroid dienone is 1. The van der Waals surface area contributed by atoms with E-state index in [4.69, 9.17) is 33.2 Å². The maximum absolute atomic E-state index is 14.1. The zero-order valence-corrected chi connectivity index (χ0v) is 33.1. The molecule has 0 aromatic heterocycles. The number of benzene rings is 3. The Morgan fingerprint density at radius 2 is 1.43 bits per heavy atom. The molecular weight excluding hydrogens is 699 g/mol. The van der Waals surface area contributed by atoms with Crippen molar-refractivity contribution in [3.63, 3.8) is 0 Å². The van der Waals surface area contributed by atoms with Crippen LogP contribution in [0.2, 0.25) is 0 Å². The molecule has 0 saturated carbocycles. The van der Waals surface area contributed by atoms with Gasteiger partial charge in [0.1, 0.15) is 16.9 Å². The number of rotatable bonds is 14. The Morgan fingerprint density at radius 1 is 0.830 bits per heavy atom. The molecule has 53 heavy (non-hydrogen) atoms. The molecule has 1 unspecified atom stereocenters. The normalized spacial score (nSPS) is 15.1. The van der Waals surface area contributed by atoms with Crippen molar-refractivity contribution in [3.8, 4) is 11.5 Å². The first kappa shape index (κ1) is 41.5. The Kier molecular flexibility index (Phi) is 14.3. The van der Waals surface area contributed by atoms with E-state index in [2.05, 4.69) is 0 Å². The van der Waals surface area contributed by atoms with Crippen LogP contribution in [-0.2, 0) is 41.1 Å². The van der Waals surface area contributed by atoms with Gasteiger partial charge in [-0.1, -0.05) is 48.0 Å². The third-order valence-corrected chi connectivity index (χ3v) is 9.31. The molecule has 3 aromatic carbocycles. The average Bonchev–Trinajstić information content (AvgIpc) is 3.56. The number of amides is 2. The van der Waals surface area contributed by atoms with Crippen LogP contribution >= 0.6 is 0 Å². The predicted octanol–water partition coefficient (Wildman–Crippen LogP) is 8.97. The monoisotopic (exact) mass is 751 g/mol. The second-order valence-electron chi connectivity index (χ2n) is 14.6. The van der Waals surface area contributed by atoms with Crippen LogP contribution in [0, 0.1) is 6.92 Å². The van der Waals surface area contributed by atoms with Crippen LogP contribution in [0.4, 0.5) is 15.3 Å². The lowest BCUT2D eigenvalue weighted by Gasteiger charge is -2.32. The minimum atomic E-state index is -1.65. The summed E-state index contributed by atoms with van der Waals surface area (Å²) in [6.07, 6.45) is -0.948. The van der Waals surface area contributed by atoms with Crippen molar-refractivity contribution < 1.29 is 47.0 Å². The molecule has 4 rings (SSSR count). The van der Waals surface area contributed by atoms with Crippen molar-refractivity contribution in [2.24, 2.45) is 0 Å². The second kappa shape index (κ2) is 18.2. The standard InChI is InChI=1S/C41H53NO10S/c1-29-15-17-32(18-16-29)53(45)28-31(21-22-41(49-25-26-50-41)23-24-48-27-30-13-11-10-12-14-30)33-19-20-34(46-8)36(47-9)35(33)42(37(43)51-39(2,3)4)38(44)52-40(5,6)7/h10-20,28H,21-27H2,1-9H3/b31-28+. The Bertz CT molecular complexity index is 1710. The lowest BCUT2D eigenvalue weighted by Crippen LogP contribution is -2.44. The summed E-state index contributed by atoms with van der Waals surface area (Å²) in [6.45, 7) is 13.8.